The Morgan fingerprint density at radius 2 is 2.15 bits per heavy atom. The van der Waals surface area contributed by atoms with Crippen molar-refractivity contribution in [3.63, 3.8) is 0 Å². The van der Waals surface area contributed by atoms with E-state index in [9.17, 15) is 17.4 Å². The molecule has 6 nitrogen and oxygen atoms in total. The first kappa shape index (κ1) is 15.0. The molecule has 1 aliphatic rings. The first-order chi connectivity index (χ1) is 9.20. The van der Waals surface area contributed by atoms with Gasteiger partial charge in [-0.1, -0.05) is 6.07 Å². The quantitative estimate of drug-likeness (QED) is 0.875. The van der Waals surface area contributed by atoms with E-state index in [1.54, 1.807) is 6.07 Å². The predicted octanol–water partition coefficient (Wildman–Crippen LogP) is 1.24. The van der Waals surface area contributed by atoms with Crippen LogP contribution in [-0.2, 0) is 24.4 Å². The van der Waals surface area contributed by atoms with Crippen LogP contribution >= 0.6 is 0 Å². The number of nitrogens with one attached hydrogen (secondary N) is 2. The van der Waals surface area contributed by atoms with E-state index in [0.29, 0.717) is 18.5 Å². The van der Waals surface area contributed by atoms with Crippen LogP contribution in [0.3, 0.4) is 0 Å². The monoisotopic (exact) mass is 316 g/mol. The summed E-state index contributed by atoms with van der Waals surface area (Å²) in [6.45, 7) is 0. The minimum atomic E-state index is -3.35. The normalized spacial score (nSPS) is 26.4. The zero-order chi connectivity index (χ0) is 15.0. The van der Waals surface area contributed by atoms with Gasteiger partial charge in [0.2, 0.25) is 5.91 Å². The zero-order valence-corrected chi connectivity index (χ0v) is 12.6. The van der Waals surface area contributed by atoms with Crippen molar-refractivity contribution in [2.75, 3.05) is 17.3 Å². The summed E-state index contributed by atoms with van der Waals surface area (Å²) >= 11 is 0. The summed E-state index contributed by atoms with van der Waals surface area (Å²) in [7, 11) is -6.22. The van der Waals surface area contributed by atoms with Crippen molar-refractivity contribution >= 4 is 31.2 Å². The molecule has 1 aromatic carbocycles. The summed E-state index contributed by atoms with van der Waals surface area (Å²) in [6.07, 6.45) is 2.12. The fraction of sp³-hybridized carbons (Fsp3) is 0.417. The second kappa shape index (κ2) is 5.17. The molecule has 1 amide bonds. The van der Waals surface area contributed by atoms with Gasteiger partial charge < -0.3 is 5.32 Å². The highest BCUT2D eigenvalue weighted by molar-refractivity contribution is 7.94. The lowest BCUT2D eigenvalue weighted by molar-refractivity contribution is -0.115. The largest absolute Gasteiger partial charge is 0.325 e. The smallest absolute Gasteiger partial charge is 0.241 e. The number of carbonyl (C=O) groups excluding carboxylic acids is 1. The molecule has 2 atom stereocenters. The van der Waals surface area contributed by atoms with E-state index in [1.165, 1.54) is 18.2 Å². The van der Waals surface area contributed by atoms with Crippen LogP contribution in [0.5, 0.6) is 0 Å². The number of carbonyl (C=O) groups is 1. The lowest BCUT2D eigenvalue weighted by Crippen LogP contribution is -2.31. The SMILES string of the molecule is CS(=O)(=O)c1cccc(NC(=O)C2CCCS2(=N)=O)c1. The highest BCUT2D eigenvalue weighted by atomic mass is 32.2. The molecule has 0 aromatic heterocycles. The zero-order valence-electron chi connectivity index (χ0n) is 11.0. The molecule has 1 aliphatic heterocycles. The van der Waals surface area contributed by atoms with Crippen LogP contribution in [0, 0.1) is 4.78 Å². The topological polar surface area (TPSA) is 104 Å². The molecule has 0 saturated carbocycles. The lowest BCUT2D eigenvalue weighted by atomic mass is 10.2. The molecule has 20 heavy (non-hydrogen) atoms. The summed E-state index contributed by atoms with van der Waals surface area (Å²) in [5, 5.41) is 1.73. The molecule has 2 unspecified atom stereocenters. The minimum absolute atomic E-state index is 0.105. The summed E-state index contributed by atoms with van der Waals surface area (Å²) < 4.78 is 42.4. The molecule has 0 bridgehead atoms. The molecule has 2 rings (SSSR count). The Balaban J connectivity index is 2.21. The van der Waals surface area contributed by atoms with E-state index in [-0.39, 0.29) is 10.6 Å². The van der Waals surface area contributed by atoms with Crippen molar-refractivity contribution in [1.29, 1.82) is 4.78 Å². The lowest BCUT2D eigenvalue weighted by Gasteiger charge is -2.12. The Kier molecular flexibility index (Phi) is 3.88. The van der Waals surface area contributed by atoms with Crippen LogP contribution in [0.15, 0.2) is 29.2 Å². The van der Waals surface area contributed by atoms with Crippen LogP contribution in [-0.4, -0.2) is 35.8 Å². The Bertz CT molecular complexity index is 738. The number of rotatable bonds is 3. The summed E-state index contributed by atoms with van der Waals surface area (Å²) in [5.41, 5.74) is 0.333. The number of benzene rings is 1. The number of anilines is 1. The summed E-state index contributed by atoms with van der Waals surface area (Å²) in [5.74, 6) is -0.234. The predicted molar refractivity (Wildman–Crippen MR) is 76.9 cm³/mol. The molecule has 0 radical (unpaired) electrons. The summed E-state index contributed by atoms with van der Waals surface area (Å²) in [4.78, 5) is 12.1. The fourth-order valence-electron chi connectivity index (χ4n) is 2.15. The van der Waals surface area contributed by atoms with Crippen LogP contribution < -0.4 is 5.32 Å². The molecule has 1 aromatic rings. The molecule has 110 valence electrons. The van der Waals surface area contributed by atoms with Gasteiger partial charge in [0.05, 0.1) is 14.6 Å². The minimum Gasteiger partial charge on any atom is -0.325 e. The maximum Gasteiger partial charge on any atom is 0.241 e. The Labute approximate surface area is 118 Å². The molecule has 1 fully saturated rings. The van der Waals surface area contributed by atoms with E-state index < -0.39 is 30.7 Å². The van der Waals surface area contributed by atoms with Crippen molar-refractivity contribution in [3.05, 3.63) is 24.3 Å². The summed E-state index contributed by atoms with van der Waals surface area (Å²) in [6, 6.07) is 5.88. The van der Waals surface area contributed by atoms with Crippen LogP contribution in [0.4, 0.5) is 5.69 Å². The van der Waals surface area contributed by atoms with Gasteiger partial charge in [-0.25, -0.2) is 12.6 Å². The number of amides is 1. The molecule has 2 N–H and O–H groups in total. The second-order valence-electron chi connectivity index (χ2n) is 4.85. The van der Waals surface area contributed by atoms with E-state index in [2.05, 4.69) is 5.32 Å². The highest BCUT2D eigenvalue weighted by Crippen LogP contribution is 2.23. The average molecular weight is 316 g/mol. The molecular weight excluding hydrogens is 300 g/mol. The third-order valence-electron chi connectivity index (χ3n) is 3.20. The highest BCUT2D eigenvalue weighted by Gasteiger charge is 2.34. The Hall–Kier alpha value is -1.41. The number of hydrogen-bond acceptors (Lipinski definition) is 5. The average Bonchev–Trinajstić information content (AvgIpc) is 2.68. The van der Waals surface area contributed by atoms with Gasteiger partial charge in [-0.15, -0.1) is 0 Å². The maximum absolute atomic E-state index is 12.0. The third-order valence-corrected chi connectivity index (χ3v) is 6.57. The van der Waals surface area contributed by atoms with Gasteiger partial charge in [0.15, 0.2) is 9.84 Å². The first-order valence-corrected chi connectivity index (χ1v) is 9.75. The Morgan fingerprint density at radius 1 is 1.45 bits per heavy atom. The number of hydrogen-bond donors (Lipinski definition) is 2. The van der Waals surface area contributed by atoms with Gasteiger partial charge in [0, 0.05) is 17.7 Å². The van der Waals surface area contributed by atoms with Gasteiger partial charge in [-0.05, 0) is 31.0 Å². The van der Waals surface area contributed by atoms with Crippen molar-refractivity contribution < 1.29 is 17.4 Å². The first-order valence-electron chi connectivity index (χ1n) is 6.06. The van der Waals surface area contributed by atoms with E-state index in [1.807, 2.05) is 0 Å². The molecule has 1 heterocycles. The van der Waals surface area contributed by atoms with Gasteiger partial charge >= 0.3 is 0 Å². The molecule has 0 spiro atoms. The van der Waals surface area contributed by atoms with E-state index in [0.717, 1.165) is 6.26 Å². The second-order valence-corrected chi connectivity index (χ2v) is 9.30. The van der Waals surface area contributed by atoms with Crippen LogP contribution in [0.2, 0.25) is 0 Å². The molecule has 1 saturated heterocycles. The van der Waals surface area contributed by atoms with E-state index >= 15 is 0 Å². The van der Waals surface area contributed by atoms with Crippen LogP contribution in [0.1, 0.15) is 12.8 Å². The number of sulfone groups is 1. The van der Waals surface area contributed by atoms with Gasteiger partial charge in [-0.2, -0.15) is 0 Å². The van der Waals surface area contributed by atoms with Gasteiger partial charge in [0.1, 0.15) is 5.25 Å². The Morgan fingerprint density at radius 3 is 2.70 bits per heavy atom. The van der Waals surface area contributed by atoms with E-state index in [4.69, 9.17) is 4.78 Å². The van der Waals surface area contributed by atoms with Crippen molar-refractivity contribution in [2.45, 2.75) is 23.0 Å². The third kappa shape index (κ3) is 3.18. The van der Waals surface area contributed by atoms with Crippen LogP contribution in [0.25, 0.3) is 0 Å². The molecule has 0 aliphatic carbocycles. The van der Waals surface area contributed by atoms with Crippen molar-refractivity contribution in [2.24, 2.45) is 0 Å². The van der Waals surface area contributed by atoms with Gasteiger partial charge in [0.25, 0.3) is 0 Å². The van der Waals surface area contributed by atoms with Crippen molar-refractivity contribution in [1.82, 2.24) is 0 Å². The molecule has 8 heteroatoms. The maximum atomic E-state index is 12.0. The fourth-order valence-corrected chi connectivity index (χ4v) is 4.65. The van der Waals surface area contributed by atoms with Gasteiger partial charge in [-0.3, -0.25) is 9.57 Å². The van der Waals surface area contributed by atoms with Crippen molar-refractivity contribution in [3.8, 4) is 0 Å². The molecular formula is C12H16N2O4S2. The standard InChI is InChI=1S/C12H16N2O4S2/c1-19(16,17)10-5-2-4-9(8-10)14-12(15)11-6-3-7-20(11,13)18/h2,4-5,8,11,13H,3,6-7H2,1H3,(H,14,15).